The number of hydrogen-bond donors (Lipinski definition) is 2. The van der Waals surface area contributed by atoms with Gasteiger partial charge in [-0.05, 0) is 18.4 Å². The lowest BCUT2D eigenvalue weighted by molar-refractivity contribution is -0.130. The molecule has 0 aliphatic heterocycles. The Kier molecular flexibility index (Phi) is 7.46. The normalized spacial score (nSPS) is 12.0. The Morgan fingerprint density at radius 2 is 1.83 bits per heavy atom. The number of rotatable bonds is 8. The van der Waals surface area contributed by atoms with Gasteiger partial charge in [-0.25, -0.2) is 14.3 Å². The Hall–Kier alpha value is -3.23. The average molecular weight is 402 g/mol. The van der Waals surface area contributed by atoms with E-state index in [-0.39, 0.29) is 11.3 Å². The van der Waals surface area contributed by atoms with Gasteiger partial charge >= 0.3 is 12.0 Å². The summed E-state index contributed by atoms with van der Waals surface area (Å²) in [5.41, 5.74) is 4.63. The van der Waals surface area contributed by atoms with Crippen molar-refractivity contribution in [1.29, 1.82) is 0 Å². The molecule has 0 saturated carbocycles. The van der Waals surface area contributed by atoms with E-state index in [2.05, 4.69) is 5.10 Å². The number of benzene rings is 1. The first-order chi connectivity index (χ1) is 13.8. The van der Waals surface area contributed by atoms with Gasteiger partial charge in [-0.2, -0.15) is 5.10 Å². The second kappa shape index (κ2) is 9.81. The highest BCUT2D eigenvalue weighted by atomic mass is 16.5. The van der Waals surface area contributed by atoms with E-state index in [9.17, 15) is 19.2 Å². The summed E-state index contributed by atoms with van der Waals surface area (Å²) in [5.74, 6) is -2.09. The number of esters is 1. The molecule has 1 aromatic heterocycles. The van der Waals surface area contributed by atoms with Crippen molar-refractivity contribution in [3.8, 4) is 0 Å². The molecule has 0 radical (unpaired) electrons. The molecule has 0 spiro atoms. The minimum Gasteiger partial charge on any atom is -0.447 e. The van der Waals surface area contributed by atoms with Gasteiger partial charge in [-0.15, -0.1) is 0 Å². The van der Waals surface area contributed by atoms with Crippen LogP contribution >= 0.6 is 0 Å². The van der Waals surface area contributed by atoms with Crippen molar-refractivity contribution in [2.75, 3.05) is 0 Å². The van der Waals surface area contributed by atoms with Crippen LogP contribution in [0.4, 0.5) is 4.79 Å². The topological polar surface area (TPSA) is 133 Å². The molecule has 29 heavy (non-hydrogen) atoms. The fraction of sp³-hybridized carbons (Fsp3) is 0.450. The van der Waals surface area contributed by atoms with Crippen molar-refractivity contribution < 1.29 is 19.1 Å². The third kappa shape index (κ3) is 5.40. The third-order valence-electron chi connectivity index (χ3n) is 4.38. The highest BCUT2D eigenvalue weighted by Gasteiger charge is 2.29. The number of imide groups is 1. The van der Waals surface area contributed by atoms with Crippen LogP contribution in [-0.4, -0.2) is 33.8 Å². The molecule has 2 rings (SSSR count). The summed E-state index contributed by atoms with van der Waals surface area (Å²) in [6.07, 6.45) is 1.40. The first-order valence-electron chi connectivity index (χ1n) is 9.57. The van der Waals surface area contributed by atoms with Crippen LogP contribution in [0.25, 0.3) is 10.8 Å². The lowest BCUT2D eigenvalue weighted by Crippen LogP contribution is -2.45. The first-order valence-corrected chi connectivity index (χ1v) is 9.57. The van der Waals surface area contributed by atoms with Crippen LogP contribution in [0.2, 0.25) is 0 Å². The maximum Gasteiger partial charge on any atom is 0.360 e. The van der Waals surface area contributed by atoms with Crippen molar-refractivity contribution in [2.45, 2.75) is 52.7 Å². The maximum atomic E-state index is 12.9. The Morgan fingerprint density at radius 3 is 2.41 bits per heavy atom. The molecule has 0 aliphatic carbocycles. The smallest absolute Gasteiger partial charge is 0.360 e. The zero-order chi connectivity index (χ0) is 21.6. The second-order valence-electron chi connectivity index (χ2n) is 7.05. The molecule has 0 bridgehead atoms. The van der Waals surface area contributed by atoms with Crippen molar-refractivity contribution in [3.05, 3.63) is 40.3 Å². The second-order valence-corrected chi connectivity index (χ2v) is 7.05. The van der Waals surface area contributed by atoms with E-state index in [0.29, 0.717) is 17.3 Å². The van der Waals surface area contributed by atoms with Gasteiger partial charge < -0.3 is 10.5 Å². The number of ether oxygens (including phenoxy) is 1. The van der Waals surface area contributed by atoms with Gasteiger partial charge in [-0.3, -0.25) is 14.9 Å². The number of carbonyl (C=O) groups is 3. The molecule has 9 nitrogen and oxygen atoms in total. The van der Waals surface area contributed by atoms with Crippen molar-refractivity contribution in [3.63, 3.8) is 0 Å². The number of nitrogens with two attached hydrogens (primary N) is 1. The molecular formula is C20H26N4O5. The standard InChI is InChI=1S/C20H26N4O5/c1-4-5-8-11-24-18(26)14-10-7-6-9-13(14)15(23-24)19(27)29-16(12(2)3)17(25)22-20(21)28/h6-7,9-10,12,16H,4-5,8,11H2,1-3H3,(H3,21,22,25,28). The van der Waals surface area contributed by atoms with Gasteiger partial charge in [0.1, 0.15) is 0 Å². The molecule has 0 fully saturated rings. The van der Waals surface area contributed by atoms with E-state index < -0.39 is 29.9 Å². The summed E-state index contributed by atoms with van der Waals surface area (Å²) in [5, 5.41) is 6.81. The number of nitrogens with one attached hydrogen (secondary N) is 1. The monoisotopic (exact) mass is 402 g/mol. The third-order valence-corrected chi connectivity index (χ3v) is 4.38. The summed E-state index contributed by atoms with van der Waals surface area (Å²) < 4.78 is 6.61. The van der Waals surface area contributed by atoms with Gasteiger partial charge in [-0.1, -0.05) is 51.8 Å². The molecule has 9 heteroatoms. The fourth-order valence-electron chi connectivity index (χ4n) is 2.91. The molecule has 1 heterocycles. The van der Waals surface area contributed by atoms with E-state index >= 15 is 0 Å². The number of nitrogens with zero attached hydrogens (tertiary/aromatic N) is 2. The largest absolute Gasteiger partial charge is 0.447 e. The van der Waals surface area contributed by atoms with Crippen LogP contribution in [0.1, 0.15) is 50.5 Å². The quantitative estimate of drug-likeness (QED) is 0.512. The number of aromatic nitrogens is 2. The predicted octanol–water partition coefficient (Wildman–Crippen LogP) is 1.96. The molecule has 1 aromatic carbocycles. The summed E-state index contributed by atoms with van der Waals surface area (Å²) >= 11 is 0. The molecular weight excluding hydrogens is 376 g/mol. The number of fused-ring (bicyclic) bond motifs is 1. The zero-order valence-electron chi connectivity index (χ0n) is 16.8. The summed E-state index contributed by atoms with van der Waals surface area (Å²) in [4.78, 5) is 48.7. The molecule has 3 N–H and O–H groups in total. The summed E-state index contributed by atoms with van der Waals surface area (Å²) in [6, 6.07) is 5.56. The summed E-state index contributed by atoms with van der Waals surface area (Å²) in [7, 11) is 0. The predicted molar refractivity (Wildman–Crippen MR) is 107 cm³/mol. The Balaban J connectivity index is 2.43. The Morgan fingerprint density at radius 1 is 1.17 bits per heavy atom. The van der Waals surface area contributed by atoms with Crippen LogP contribution in [-0.2, 0) is 16.1 Å². The van der Waals surface area contributed by atoms with E-state index in [0.717, 1.165) is 19.3 Å². The summed E-state index contributed by atoms with van der Waals surface area (Å²) in [6.45, 7) is 5.74. The van der Waals surface area contributed by atoms with Crippen LogP contribution in [0.5, 0.6) is 0 Å². The van der Waals surface area contributed by atoms with Crippen LogP contribution in [0.15, 0.2) is 29.1 Å². The molecule has 0 aliphatic rings. The lowest BCUT2D eigenvalue weighted by Gasteiger charge is -2.20. The van der Waals surface area contributed by atoms with Gasteiger partial charge in [0.2, 0.25) is 0 Å². The molecule has 2 aromatic rings. The minimum absolute atomic E-state index is 0.0609. The first kappa shape index (κ1) is 22.1. The fourth-order valence-corrected chi connectivity index (χ4v) is 2.91. The number of carbonyl (C=O) groups excluding carboxylic acids is 3. The van der Waals surface area contributed by atoms with Crippen molar-refractivity contribution >= 4 is 28.7 Å². The highest BCUT2D eigenvalue weighted by Crippen LogP contribution is 2.17. The van der Waals surface area contributed by atoms with Crippen molar-refractivity contribution in [1.82, 2.24) is 15.1 Å². The van der Waals surface area contributed by atoms with Crippen LogP contribution in [0, 0.1) is 5.92 Å². The number of unbranched alkanes of at least 4 members (excludes halogenated alkanes) is 2. The SMILES string of the molecule is CCCCCn1nc(C(=O)OC(C(=O)NC(N)=O)C(C)C)c2ccccc2c1=O. The van der Waals surface area contributed by atoms with E-state index in [1.54, 1.807) is 38.1 Å². The number of hydrogen-bond acceptors (Lipinski definition) is 6. The van der Waals surface area contributed by atoms with Gasteiger partial charge in [0, 0.05) is 11.9 Å². The van der Waals surface area contributed by atoms with Crippen molar-refractivity contribution in [2.24, 2.45) is 11.7 Å². The van der Waals surface area contributed by atoms with Gasteiger partial charge in [0.15, 0.2) is 11.8 Å². The molecule has 1 unspecified atom stereocenters. The van der Waals surface area contributed by atoms with E-state index in [1.165, 1.54) is 4.68 Å². The number of urea groups is 1. The molecule has 156 valence electrons. The van der Waals surface area contributed by atoms with Crippen LogP contribution < -0.4 is 16.6 Å². The molecule has 0 saturated heterocycles. The highest BCUT2D eigenvalue weighted by molar-refractivity contribution is 6.03. The Labute approximate surface area is 168 Å². The van der Waals surface area contributed by atoms with Gasteiger partial charge in [0.25, 0.3) is 11.5 Å². The molecule has 3 amide bonds. The van der Waals surface area contributed by atoms with E-state index in [4.69, 9.17) is 10.5 Å². The molecule has 1 atom stereocenters. The van der Waals surface area contributed by atoms with Crippen LogP contribution in [0.3, 0.4) is 0 Å². The maximum absolute atomic E-state index is 12.9. The van der Waals surface area contributed by atoms with Gasteiger partial charge in [0.05, 0.1) is 5.39 Å². The number of amides is 3. The average Bonchev–Trinajstić information content (AvgIpc) is 2.67. The minimum atomic E-state index is -1.24. The van der Waals surface area contributed by atoms with E-state index in [1.807, 2.05) is 12.2 Å². The number of primary amides is 1. The lowest BCUT2D eigenvalue weighted by atomic mass is 10.1. The Bertz CT molecular complexity index is 967. The zero-order valence-corrected chi connectivity index (χ0v) is 16.8. The number of aryl methyl sites for hydroxylation is 1.